The molecule has 1 fully saturated rings. The predicted molar refractivity (Wildman–Crippen MR) is 97.0 cm³/mol. The number of halogens is 2. The average molecular weight is 431 g/mol. The summed E-state index contributed by atoms with van der Waals surface area (Å²) in [5.74, 6) is 1.76. The highest BCUT2D eigenvalue weighted by Gasteiger charge is 2.26. The Labute approximate surface area is 147 Å². The van der Waals surface area contributed by atoms with Crippen molar-refractivity contribution in [2.75, 3.05) is 23.8 Å². The third-order valence-corrected chi connectivity index (χ3v) is 4.31. The second-order valence-corrected chi connectivity index (χ2v) is 6.83. The molecule has 1 heterocycles. The Morgan fingerprint density at radius 1 is 1.27 bits per heavy atom. The van der Waals surface area contributed by atoms with Gasteiger partial charge in [-0.15, -0.1) is 0 Å². The van der Waals surface area contributed by atoms with Crippen LogP contribution in [0.2, 0.25) is 5.02 Å². The highest BCUT2D eigenvalue weighted by molar-refractivity contribution is 14.1. The molecule has 0 aliphatic heterocycles. The molecule has 0 bridgehead atoms. The highest BCUT2D eigenvalue weighted by atomic mass is 127. The van der Waals surface area contributed by atoms with Gasteiger partial charge in [0.05, 0.1) is 23.0 Å². The van der Waals surface area contributed by atoms with Crippen LogP contribution in [-0.2, 0) is 0 Å². The van der Waals surface area contributed by atoms with E-state index in [9.17, 15) is 0 Å². The van der Waals surface area contributed by atoms with E-state index in [0.717, 1.165) is 15.0 Å². The van der Waals surface area contributed by atoms with Crippen LogP contribution in [0.15, 0.2) is 24.3 Å². The summed E-state index contributed by atoms with van der Waals surface area (Å²) in [4.78, 5) is 8.94. The Bertz CT molecular complexity index is 679. The van der Waals surface area contributed by atoms with E-state index in [2.05, 4.69) is 43.2 Å². The first kappa shape index (κ1) is 15.8. The van der Waals surface area contributed by atoms with Crippen LogP contribution < -0.4 is 10.6 Å². The minimum absolute atomic E-state index is 0.0444. The molecule has 1 aromatic carbocycles. The fourth-order valence-corrected chi connectivity index (χ4v) is 3.00. The van der Waals surface area contributed by atoms with Crippen molar-refractivity contribution >= 4 is 51.6 Å². The summed E-state index contributed by atoms with van der Waals surface area (Å²) >= 11 is 8.48. The third kappa shape index (κ3) is 3.99. The summed E-state index contributed by atoms with van der Waals surface area (Å²) in [7, 11) is 0. The number of nitrogens with one attached hydrogen (secondary N) is 2. The summed E-state index contributed by atoms with van der Waals surface area (Å²) in [5, 5.41) is 15.9. The molecule has 0 radical (unpaired) electrons. The quantitative estimate of drug-likeness (QED) is 0.609. The first-order valence-corrected chi connectivity index (χ1v) is 8.57. The van der Waals surface area contributed by atoms with Crippen LogP contribution in [0.3, 0.4) is 0 Å². The van der Waals surface area contributed by atoms with E-state index >= 15 is 0 Å². The lowest BCUT2D eigenvalue weighted by Gasteiger charge is -2.11. The van der Waals surface area contributed by atoms with Gasteiger partial charge in [-0.25, -0.2) is 4.98 Å². The monoisotopic (exact) mass is 430 g/mol. The summed E-state index contributed by atoms with van der Waals surface area (Å²) in [6, 6.07) is 7.79. The first-order valence-electron chi connectivity index (χ1n) is 7.11. The maximum Gasteiger partial charge on any atom is 0.224 e. The molecule has 1 aliphatic rings. The number of anilines is 3. The third-order valence-electron chi connectivity index (χ3n) is 3.33. The van der Waals surface area contributed by atoms with Gasteiger partial charge in [-0.3, -0.25) is 0 Å². The summed E-state index contributed by atoms with van der Waals surface area (Å²) in [6.07, 6.45) is 2.33. The zero-order chi connectivity index (χ0) is 15.5. The number of aliphatic hydroxyl groups excluding tert-OH is 1. The van der Waals surface area contributed by atoms with Gasteiger partial charge in [0, 0.05) is 22.1 Å². The number of benzene rings is 1. The molecule has 1 aliphatic carbocycles. The SMILES string of the molecule is OCCNc1nc(Nc2ccc(I)cc2Cl)cc(C2CC2)n1. The highest BCUT2D eigenvalue weighted by Crippen LogP contribution is 2.40. The molecule has 22 heavy (non-hydrogen) atoms. The van der Waals surface area contributed by atoms with Crippen molar-refractivity contribution < 1.29 is 5.11 Å². The largest absolute Gasteiger partial charge is 0.395 e. The lowest BCUT2D eigenvalue weighted by Crippen LogP contribution is -2.10. The van der Waals surface area contributed by atoms with Gasteiger partial charge in [0.2, 0.25) is 5.95 Å². The zero-order valence-electron chi connectivity index (χ0n) is 11.8. The topological polar surface area (TPSA) is 70.1 Å². The molecule has 2 aromatic rings. The summed E-state index contributed by atoms with van der Waals surface area (Å²) in [6.45, 7) is 0.473. The van der Waals surface area contributed by atoms with Crippen molar-refractivity contribution in [1.29, 1.82) is 0 Å². The van der Waals surface area contributed by atoms with Gasteiger partial charge >= 0.3 is 0 Å². The summed E-state index contributed by atoms with van der Waals surface area (Å²) < 4.78 is 1.08. The number of hydrogen-bond donors (Lipinski definition) is 3. The van der Waals surface area contributed by atoms with E-state index in [4.69, 9.17) is 16.7 Å². The fraction of sp³-hybridized carbons (Fsp3) is 0.333. The molecule has 7 heteroatoms. The molecule has 3 N–H and O–H groups in total. The molecular formula is C15H16ClIN4O. The average Bonchev–Trinajstić information content (AvgIpc) is 3.33. The standard InChI is InChI=1S/C15H16ClIN4O/c16-11-7-10(17)3-4-12(11)19-14-8-13(9-1-2-9)20-15(21-14)18-5-6-22/h3-4,7-9,22H,1-2,5-6H2,(H2,18,19,20,21). The Morgan fingerprint density at radius 2 is 2.09 bits per heavy atom. The van der Waals surface area contributed by atoms with Crippen molar-refractivity contribution in [3.63, 3.8) is 0 Å². The van der Waals surface area contributed by atoms with E-state index in [1.807, 2.05) is 24.3 Å². The Kier molecular flexibility index (Phi) is 5.00. The Morgan fingerprint density at radius 3 is 2.77 bits per heavy atom. The number of aliphatic hydroxyl groups is 1. The zero-order valence-corrected chi connectivity index (χ0v) is 14.7. The minimum Gasteiger partial charge on any atom is -0.395 e. The molecule has 0 spiro atoms. The maximum absolute atomic E-state index is 8.93. The van der Waals surface area contributed by atoms with Crippen LogP contribution in [0.1, 0.15) is 24.5 Å². The number of nitrogens with zero attached hydrogens (tertiary/aromatic N) is 2. The van der Waals surface area contributed by atoms with Gasteiger partial charge < -0.3 is 15.7 Å². The Balaban J connectivity index is 1.86. The lowest BCUT2D eigenvalue weighted by atomic mass is 10.2. The van der Waals surface area contributed by atoms with Gasteiger partial charge in [0.25, 0.3) is 0 Å². The summed E-state index contributed by atoms with van der Waals surface area (Å²) in [5.41, 5.74) is 1.84. The van der Waals surface area contributed by atoms with Crippen molar-refractivity contribution in [1.82, 2.24) is 9.97 Å². The number of hydrogen-bond acceptors (Lipinski definition) is 5. The van der Waals surface area contributed by atoms with Crippen molar-refractivity contribution in [3.8, 4) is 0 Å². The van der Waals surface area contributed by atoms with Crippen LogP contribution in [0.4, 0.5) is 17.5 Å². The second kappa shape index (κ2) is 6.97. The van der Waals surface area contributed by atoms with E-state index in [-0.39, 0.29) is 6.61 Å². The number of aromatic nitrogens is 2. The first-order chi connectivity index (χ1) is 10.7. The molecule has 1 saturated carbocycles. The molecule has 0 amide bonds. The second-order valence-electron chi connectivity index (χ2n) is 5.18. The molecule has 116 valence electrons. The van der Waals surface area contributed by atoms with Crippen LogP contribution in [0, 0.1) is 3.57 Å². The van der Waals surface area contributed by atoms with E-state index in [1.165, 1.54) is 12.8 Å². The molecular weight excluding hydrogens is 415 g/mol. The van der Waals surface area contributed by atoms with Gasteiger partial charge in [0.1, 0.15) is 5.82 Å². The minimum atomic E-state index is 0.0444. The van der Waals surface area contributed by atoms with E-state index in [1.54, 1.807) is 0 Å². The van der Waals surface area contributed by atoms with Crippen LogP contribution in [0.25, 0.3) is 0 Å². The van der Waals surface area contributed by atoms with Crippen molar-refractivity contribution in [3.05, 3.63) is 38.6 Å². The molecule has 0 saturated heterocycles. The lowest BCUT2D eigenvalue weighted by molar-refractivity contribution is 0.311. The van der Waals surface area contributed by atoms with Crippen molar-refractivity contribution in [2.45, 2.75) is 18.8 Å². The molecule has 5 nitrogen and oxygen atoms in total. The fourth-order valence-electron chi connectivity index (χ4n) is 2.09. The van der Waals surface area contributed by atoms with Gasteiger partial charge in [-0.1, -0.05) is 11.6 Å². The van der Waals surface area contributed by atoms with Gasteiger partial charge in [-0.05, 0) is 53.6 Å². The van der Waals surface area contributed by atoms with Crippen molar-refractivity contribution in [2.24, 2.45) is 0 Å². The smallest absolute Gasteiger partial charge is 0.224 e. The van der Waals surface area contributed by atoms with Crippen LogP contribution >= 0.6 is 34.2 Å². The number of rotatable bonds is 6. The molecule has 0 unspecified atom stereocenters. The van der Waals surface area contributed by atoms with E-state index < -0.39 is 0 Å². The molecule has 0 atom stereocenters. The normalized spacial score (nSPS) is 14.0. The van der Waals surface area contributed by atoms with Gasteiger partial charge in [0.15, 0.2) is 0 Å². The van der Waals surface area contributed by atoms with E-state index in [0.29, 0.717) is 29.3 Å². The maximum atomic E-state index is 8.93. The van der Waals surface area contributed by atoms with Crippen LogP contribution in [-0.4, -0.2) is 28.2 Å². The molecule has 3 rings (SSSR count). The van der Waals surface area contributed by atoms with Gasteiger partial charge in [-0.2, -0.15) is 4.98 Å². The Hall–Kier alpha value is -1.12. The molecule has 1 aromatic heterocycles. The van der Waals surface area contributed by atoms with Crippen LogP contribution in [0.5, 0.6) is 0 Å². The predicted octanol–water partition coefficient (Wildman–Crippen LogP) is 3.76.